The maximum atomic E-state index is 12.4. The Labute approximate surface area is 167 Å². The lowest BCUT2D eigenvalue weighted by molar-refractivity contribution is -0.228. The molecular weight excluding hydrogens is 409 g/mol. The highest BCUT2D eigenvalue weighted by molar-refractivity contribution is 6.76. The number of nitrogens with one attached hydrogen (secondary N) is 1. The van der Waals surface area contributed by atoms with Gasteiger partial charge in [-0.25, -0.2) is 0 Å². The fraction of sp³-hybridized carbons (Fsp3) is 0.812. The highest BCUT2D eigenvalue weighted by Crippen LogP contribution is 2.47. The van der Waals surface area contributed by atoms with Crippen molar-refractivity contribution in [1.82, 2.24) is 5.32 Å². The summed E-state index contributed by atoms with van der Waals surface area (Å²) in [4.78, 5) is 12.4. The van der Waals surface area contributed by atoms with E-state index in [0.717, 1.165) is 0 Å². The minimum Gasteiger partial charge on any atom is -0.348 e. The first-order valence-corrected chi connectivity index (χ1v) is 9.29. The zero-order valence-electron chi connectivity index (χ0n) is 14.9. The first-order chi connectivity index (χ1) is 11.8. The molecule has 3 rings (SSSR count). The number of amides is 1. The first kappa shape index (κ1) is 20.6. The summed E-state index contributed by atoms with van der Waals surface area (Å²) in [6.07, 6.45) is -1.18. The summed E-state index contributed by atoms with van der Waals surface area (Å²) < 4.78 is 27.2. The Morgan fingerprint density at radius 3 is 2.27 bits per heavy atom. The van der Waals surface area contributed by atoms with Crippen molar-refractivity contribution < 1.29 is 28.5 Å². The third-order valence-electron chi connectivity index (χ3n) is 4.57. The molecule has 3 saturated heterocycles. The zero-order chi connectivity index (χ0) is 19.5. The molecule has 3 aliphatic heterocycles. The number of rotatable bonds is 3. The van der Waals surface area contributed by atoms with Crippen LogP contribution in [-0.4, -0.2) is 58.0 Å². The van der Waals surface area contributed by atoms with Crippen molar-refractivity contribution in [3.63, 3.8) is 0 Å². The van der Waals surface area contributed by atoms with Crippen LogP contribution in [0.3, 0.4) is 0 Å². The highest BCUT2D eigenvalue weighted by Gasteiger charge is 2.66. The lowest BCUT2D eigenvalue weighted by Gasteiger charge is -2.39. The summed E-state index contributed by atoms with van der Waals surface area (Å²) in [5.41, 5.74) is -1.24. The van der Waals surface area contributed by atoms with Gasteiger partial charge in [0.2, 0.25) is 0 Å². The van der Waals surface area contributed by atoms with Gasteiger partial charge in [-0.05, 0) is 27.7 Å². The number of carbonyl (C=O) groups excluding carboxylic acids is 1. The monoisotopic (exact) mass is 429 g/mol. The van der Waals surface area contributed by atoms with E-state index >= 15 is 0 Å². The Bertz CT molecular complexity index is 607. The van der Waals surface area contributed by atoms with E-state index in [0.29, 0.717) is 0 Å². The summed E-state index contributed by atoms with van der Waals surface area (Å²) in [5.74, 6) is -2.53. The Morgan fingerprint density at radius 2 is 1.77 bits per heavy atom. The van der Waals surface area contributed by atoms with Crippen LogP contribution in [0.15, 0.2) is 12.7 Å². The van der Waals surface area contributed by atoms with Gasteiger partial charge in [-0.3, -0.25) is 4.79 Å². The van der Waals surface area contributed by atoms with Gasteiger partial charge >= 0.3 is 0 Å². The number of hydrogen-bond donors (Lipinski definition) is 1. The van der Waals surface area contributed by atoms with E-state index in [4.69, 9.17) is 58.5 Å². The van der Waals surface area contributed by atoms with Crippen LogP contribution in [0.5, 0.6) is 0 Å². The molecule has 0 unspecified atom stereocenters. The van der Waals surface area contributed by atoms with Gasteiger partial charge in [-0.1, -0.05) is 40.9 Å². The van der Waals surface area contributed by atoms with E-state index in [-0.39, 0.29) is 6.61 Å². The van der Waals surface area contributed by atoms with Crippen LogP contribution in [0.4, 0.5) is 0 Å². The molecule has 0 aliphatic carbocycles. The van der Waals surface area contributed by atoms with Gasteiger partial charge < -0.3 is 29.0 Å². The van der Waals surface area contributed by atoms with Crippen molar-refractivity contribution in [2.24, 2.45) is 0 Å². The maximum absolute atomic E-state index is 12.4. The molecule has 148 valence electrons. The van der Waals surface area contributed by atoms with Gasteiger partial charge in [-0.15, -0.1) is 6.58 Å². The fourth-order valence-corrected chi connectivity index (χ4v) is 3.67. The molecule has 7 nitrogen and oxygen atoms in total. The number of ether oxygens (including phenoxy) is 5. The number of halogens is 3. The molecule has 3 heterocycles. The van der Waals surface area contributed by atoms with E-state index in [9.17, 15) is 4.79 Å². The average Bonchev–Trinajstić information content (AvgIpc) is 3.08. The number of hydrogen-bond acceptors (Lipinski definition) is 6. The van der Waals surface area contributed by atoms with Crippen molar-refractivity contribution in [1.29, 1.82) is 0 Å². The minimum atomic E-state index is -2.17. The lowest BCUT2D eigenvalue weighted by atomic mass is 9.85. The molecule has 1 N–H and O–H groups in total. The number of carbonyl (C=O) groups is 1. The van der Waals surface area contributed by atoms with Crippen LogP contribution in [0.1, 0.15) is 27.7 Å². The second kappa shape index (κ2) is 6.46. The van der Waals surface area contributed by atoms with E-state index in [1.54, 1.807) is 27.7 Å². The molecule has 10 heteroatoms. The fourth-order valence-electron chi connectivity index (χ4n) is 3.52. The molecule has 1 amide bonds. The molecule has 26 heavy (non-hydrogen) atoms. The predicted molar refractivity (Wildman–Crippen MR) is 95.0 cm³/mol. The standard InChI is InChI=1S/C16H22Cl3NO6/c1-6-15(20-12(21)16(17,18)19)9(8-7-22-13(2,3)24-8)23-11-10(15)25-14(4,5)26-11/h6,8-11H,1,7H2,2-5H3,(H,20,21)/t8-,9-,10+,11-,15+/m1/s1. The third kappa shape index (κ3) is 3.61. The van der Waals surface area contributed by atoms with Gasteiger partial charge in [0, 0.05) is 0 Å². The predicted octanol–water partition coefficient (Wildman–Crippen LogP) is 2.43. The quantitative estimate of drug-likeness (QED) is 0.547. The Kier molecular flexibility index (Phi) is 5.12. The van der Waals surface area contributed by atoms with Crippen LogP contribution in [-0.2, 0) is 28.5 Å². The molecule has 3 fully saturated rings. The second-order valence-corrected chi connectivity index (χ2v) is 9.72. The topological polar surface area (TPSA) is 75.3 Å². The van der Waals surface area contributed by atoms with Crippen molar-refractivity contribution in [2.45, 2.75) is 73.2 Å². The molecule has 0 aromatic heterocycles. The summed E-state index contributed by atoms with van der Waals surface area (Å²) in [6.45, 7) is 11.2. The summed E-state index contributed by atoms with van der Waals surface area (Å²) in [7, 11) is 0. The SMILES string of the molecule is C=C[C@]1(NC(=O)C(Cl)(Cl)Cl)[C@@H]([C@H]2COC(C)(C)O2)O[C@@H]2OC(C)(C)O[C@@H]21. The van der Waals surface area contributed by atoms with Crippen molar-refractivity contribution in [3.8, 4) is 0 Å². The van der Waals surface area contributed by atoms with Crippen LogP contribution in [0, 0.1) is 0 Å². The largest absolute Gasteiger partial charge is 0.348 e. The zero-order valence-corrected chi connectivity index (χ0v) is 17.2. The Morgan fingerprint density at radius 1 is 1.12 bits per heavy atom. The van der Waals surface area contributed by atoms with Crippen LogP contribution in [0.25, 0.3) is 0 Å². The summed E-state index contributed by atoms with van der Waals surface area (Å²) in [5, 5.41) is 2.73. The van der Waals surface area contributed by atoms with Gasteiger partial charge in [0.05, 0.1) is 6.61 Å². The smallest absolute Gasteiger partial charge is 0.273 e. The van der Waals surface area contributed by atoms with Gasteiger partial charge in [-0.2, -0.15) is 0 Å². The second-order valence-electron chi connectivity index (χ2n) is 7.44. The number of fused-ring (bicyclic) bond motifs is 1. The molecule has 0 spiro atoms. The number of alkyl halides is 3. The molecule has 0 saturated carbocycles. The Balaban J connectivity index is 1.95. The van der Waals surface area contributed by atoms with Gasteiger partial charge in [0.1, 0.15) is 23.9 Å². The molecule has 0 aromatic rings. The maximum Gasteiger partial charge on any atom is 0.273 e. The highest BCUT2D eigenvalue weighted by atomic mass is 35.6. The van der Waals surface area contributed by atoms with Crippen molar-refractivity contribution >= 4 is 40.7 Å². The molecular formula is C16H22Cl3NO6. The first-order valence-electron chi connectivity index (χ1n) is 8.15. The molecule has 0 aromatic carbocycles. The van der Waals surface area contributed by atoms with E-state index < -0.39 is 51.4 Å². The van der Waals surface area contributed by atoms with Gasteiger partial charge in [0.15, 0.2) is 17.9 Å². The molecule has 5 atom stereocenters. The lowest BCUT2D eigenvalue weighted by Crippen LogP contribution is -2.64. The minimum absolute atomic E-state index is 0.250. The van der Waals surface area contributed by atoms with E-state index in [2.05, 4.69) is 11.9 Å². The van der Waals surface area contributed by atoms with E-state index in [1.807, 2.05) is 0 Å². The van der Waals surface area contributed by atoms with Crippen molar-refractivity contribution in [2.75, 3.05) is 6.61 Å². The summed E-state index contributed by atoms with van der Waals surface area (Å²) in [6, 6.07) is 0. The third-order valence-corrected chi connectivity index (χ3v) is 5.09. The average molecular weight is 431 g/mol. The summed E-state index contributed by atoms with van der Waals surface area (Å²) >= 11 is 17.2. The molecule has 0 bridgehead atoms. The molecule has 0 radical (unpaired) electrons. The van der Waals surface area contributed by atoms with Crippen LogP contribution in [0.2, 0.25) is 0 Å². The van der Waals surface area contributed by atoms with E-state index in [1.165, 1.54) is 6.08 Å². The molecule has 3 aliphatic rings. The van der Waals surface area contributed by atoms with Crippen LogP contribution >= 0.6 is 34.8 Å². The van der Waals surface area contributed by atoms with Crippen LogP contribution < -0.4 is 5.32 Å². The van der Waals surface area contributed by atoms with Crippen molar-refractivity contribution in [3.05, 3.63) is 12.7 Å². The van der Waals surface area contributed by atoms with Gasteiger partial charge in [0.25, 0.3) is 9.70 Å². The Hall–Kier alpha value is -0.120. The normalized spacial score (nSPS) is 41.0.